The third-order valence-corrected chi connectivity index (χ3v) is 3.94. The molecule has 1 amide bonds. The highest BCUT2D eigenvalue weighted by Crippen LogP contribution is 2.35. The Morgan fingerprint density at radius 1 is 1.24 bits per heavy atom. The van der Waals surface area contributed by atoms with E-state index in [0.29, 0.717) is 17.9 Å². The van der Waals surface area contributed by atoms with E-state index < -0.39 is 0 Å². The molecular weight excluding hydrogens is 212 g/mol. The van der Waals surface area contributed by atoms with Gasteiger partial charge in [-0.15, -0.1) is 0 Å². The highest BCUT2D eigenvalue weighted by molar-refractivity contribution is 5.88. The first kappa shape index (κ1) is 12.4. The summed E-state index contributed by atoms with van der Waals surface area (Å²) in [5, 5.41) is 0. The minimum Gasteiger partial charge on any atom is -0.339 e. The molecule has 1 aliphatic carbocycles. The summed E-state index contributed by atoms with van der Waals surface area (Å²) in [4.78, 5) is 13.9. The van der Waals surface area contributed by atoms with Crippen molar-refractivity contribution in [3.63, 3.8) is 0 Å². The van der Waals surface area contributed by atoms with Gasteiger partial charge in [0.2, 0.25) is 5.91 Å². The van der Waals surface area contributed by atoms with Gasteiger partial charge in [0.05, 0.1) is 0 Å². The zero-order valence-corrected chi connectivity index (χ0v) is 10.5. The van der Waals surface area contributed by atoms with Crippen molar-refractivity contribution >= 4 is 5.91 Å². The van der Waals surface area contributed by atoms with Crippen LogP contribution in [0.3, 0.4) is 0 Å². The number of likely N-dealkylation sites (tertiary alicyclic amines) is 1. The van der Waals surface area contributed by atoms with Gasteiger partial charge in [-0.2, -0.15) is 0 Å². The summed E-state index contributed by atoms with van der Waals surface area (Å²) in [5.41, 5.74) is 5.98. The Morgan fingerprint density at radius 2 is 2.00 bits per heavy atom. The molecule has 3 atom stereocenters. The molecule has 1 saturated heterocycles. The molecular formula is C14H22N2O. The molecule has 94 valence electrons. The summed E-state index contributed by atoms with van der Waals surface area (Å²) >= 11 is 0. The molecule has 0 aromatic carbocycles. The lowest BCUT2D eigenvalue weighted by atomic mass is 9.79. The summed E-state index contributed by atoms with van der Waals surface area (Å²) in [6.45, 7) is 3.77. The van der Waals surface area contributed by atoms with Crippen molar-refractivity contribution in [1.82, 2.24) is 4.90 Å². The lowest BCUT2D eigenvalue weighted by Gasteiger charge is -2.27. The molecule has 1 aliphatic heterocycles. The van der Waals surface area contributed by atoms with Crippen molar-refractivity contribution in [2.24, 2.45) is 17.6 Å². The molecule has 17 heavy (non-hydrogen) atoms. The van der Waals surface area contributed by atoms with E-state index in [2.05, 4.69) is 0 Å². The Bertz CT molecular complexity index is 335. The summed E-state index contributed by atoms with van der Waals surface area (Å²) < 4.78 is 0. The number of fused-ring (bicyclic) bond motifs is 1. The highest BCUT2D eigenvalue weighted by atomic mass is 16.2. The first-order valence-corrected chi connectivity index (χ1v) is 6.54. The lowest BCUT2D eigenvalue weighted by Crippen LogP contribution is -2.32. The number of nitrogens with zero attached hydrogens (tertiary/aromatic N) is 1. The maximum absolute atomic E-state index is 11.9. The number of amides is 1. The van der Waals surface area contributed by atoms with Gasteiger partial charge in [-0.05, 0) is 38.0 Å². The fraction of sp³-hybridized carbons (Fsp3) is 0.643. The SMILES string of the molecule is C/C=C/C=C/C(=O)N1C[C@H]2CCC(N)C[C@H]2C1. The average molecular weight is 234 g/mol. The second-order valence-corrected chi connectivity index (χ2v) is 5.22. The molecule has 1 saturated carbocycles. The monoisotopic (exact) mass is 234 g/mol. The number of carbonyl (C=O) groups is 1. The van der Waals surface area contributed by atoms with Gasteiger partial charge in [-0.3, -0.25) is 4.79 Å². The van der Waals surface area contributed by atoms with Gasteiger partial charge in [-0.25, -0.2) is 0 Å². The van der Waals surface area contributed by atoms with Gasteiger partial charge in [0.25, 0.3) is 0 Å². The van der Waals surface area contributed by atoms with E-state index in [0.717, 1.165) is 25.9 Å². The van der Waals surface area contributed by atoms with Crippen LogP contribution >= 0.6 is 0 Å². The molecule has 2 rings (SSSR count). The summed E-state index contributed by atoms with van der Waals surface area (Å²) in [6, 6.07) is 0.352. The molecule has 3 heteroatoms. The van der Waals surface area contributed by atoms with E-state index in [9.17, 15) is 4.79 Å². The Kier molecular flexibility index (Phi) is 4.00. The molecule has 2 fully saturated rings. The maximum Gasteiger partial charge on any atom is 0.246 e. The second-order valence-electron chi connectivity index (χ2n) is 5.22. The standard InChI is InChI=1S/C14H22N2O/c1-2-3-4-5-14(17)16-9-11-6-7-13(15)8-12(11)10-16/h2-5,11-13H,6-10,15H2,1H3/b3-2+,5-4+/t11-,12+,13?/m1/s1. The molecule has 0 spiro atoms. The number of hydrogen-bond donors (Lipinski definition) is 1. The normalized spacial score (nSPS) is 33.5. The Hall–Kier alpha value is -1.09. The minimum absolute atomic E-state index is 0.145. The summed E-state index contributed by atoms with van der Waals surface area (Å²) in [7, 11) is 0. The van der Waals surface area contributed by atoms with Crippen LogP contribution in [0.5, 0.6) is 0 Å². The molecule has 0 radical (unpaired) electrons. The van der Waals surface area contributed by atoms with E-state index in [1.165, 1.54) is 6.42 Å². The smallest absolute Gasteiger partial charge is 0.246 e. The van der Waals surface area contributed by atoms with Crippen LogP contribution in [-0.4, -0.2) is 29.9 Å². The number of hydrogen-bond acceptors (Lipinski definition) is 2. The topological polar surface area (TPSA) is 46.3 Å². The van der Waals surface area contributed by atoms with Gasteiger partial charge in [-0.1, -0.05) is 18.2 Å². The number of rotatable bonds is 2. The van der Waals surface area contributed by atoms with E-state index >= 15 is 0 Å². The van der Waals surface area contributed by atoms with Gasteiger partial charge < -0.3 is 10.6 Å². The van der Waals surface area contributed by atoms with Gasteiger partial charge >= 0.3 is 0 Å². The van der Waals surface area contributed by atoms with Crippen LogP contribution in [0.15, 0.2) is 24.3 Å². The Morgan fingerprint density at radius 3 is 2.76 bits per heavy atom. The quantitative estimate of drug-likeness (QED) is 0.584. The first-order chi connectivity index (χ1) is 8.20. The molecule has 0 aromatic heterocycles. The average Bonchev–Trinajstić information content (AvgIpc) is 2.72. The highest BCUT2D eigenvalue weighted by Gasteiger charge is 2.37. The third kappa shape index (κ3) is 2.97. The van der Waals surface area contributed by atoms with Crippen LogP contribution in [0.1, 0.15) is 26.2 Å². The van der Waals surface area contributed by atoms with E-state index in [-0.39, 0.29) is 5.91 Å². The predicted octanol–water partition coefficient (Wildman–Crippen LogP) is 1.70. The van der Waals surface area contributed by atoms with Crippen molar-refractivity contribution in [3.8, 4) is 0 Å². The minimum atomic E-state index is 0.145. The van der Waals surface area contributed by atoms with Gasteiger partial charge in [0, 0.05) is 25.2 Å². The zero-order chi connectivity index (χ0) is 12.3. The van der Waals surface area contributed by atoms with Crippen LogP contribution in [-0.2, 0) is 4.79 Å². The fourth-order valence-corrected chi connectivity index (χ4v) is 3.00. The molecule has 0 aromatic rings. The van der Waals surface area contributed by atoms with Crippen LogP contribution in [0.4, 0.5) is 0 Å². The third-order valence-electron chi connectivity index (χ3n) is 3.94. The zero-order valence-electron chi connectivity index (χ0n) is 10.5. The van der Waals surface area contributed by atoms with Gasteiger partial charge in [0.15, 0.2) is 0 Å². The van der Waals surface area contributed by atoms with Gasteiger partial charge in [0.1, 0.15) is 0 Å². The summed E-state index contributed by atoms with van der Waals surface area (Å²) in [5.74, 6) is 1.47. The molecule has 2 aliphatic rings. The second kappa shape index (κ2) is 5.50. The molecule has 2 N–H and O–H groups in total. The van der Waals surface area contributed by atoms with Crippen molar-refractivity contribution in [1.29, 1.82) is 0 Å². The van der Waals surface area contributed by atoms with E-state index in [4.69, 9.17) is 5.73 Å². The van der Waals surface area contributed by atoms with Crippen molar-refractivity contribution < 1.29 is 4.79 Å². The fourth-order valence-electron chi connectivity index (χ4n) is 3.00. The first-order valence-electron chi connectivity index (χ1n) is 6.54. The molecule has 1 unspecified atom stereocenters. The van der Waals surface area contributed by atoms with Crippen molar-refractivity contribution in [2.45, 2.75) is 32.2 Å². The largest absolute Gasteiger partial charge is 0.339 e. The van der Waals surface area contributed by atoms with Crippen LogP contribution in [0.2, 0.25) is 0 Å². The van der Waals surface area contributed by atoms with Crippen LogP contribution in [0.25, 0.3) is 0 Å². The Labute approximate surface area is 103 Å². The maximum atomic E-state index is 11.9. The lowest BCUT2D eigenvalue weighted by molar-refractivity contribution is -0.125. The van der Waals surface area contributed by atoms with Crippen molar-refractivity contribution in [2.75, 3.05) is 13.1 Å². The number of carbonyl (C=O) groups excluding carboxylic acids is 1. The van der Waals surface area contributed by atoms with E-state index in [1.807, 2.05) is 30.1 Å². The number of nitrogens with two attached hydrogens (primary N) is 1. The molecule has 0 bridgehead atoms. The predicted molar refractivity (Wildman–Crippen MR) is 69.3 cm³/mol. The summed E-state index contributed by atoms with van der Waals surface area (Å²) in [6.07, 6.45) is 10.7. The number of allylic oxidation sites excluding steroid dienone is 3. The van der Waals surface area contributed by atoms with Crippen molar-refractivity contribution in [3.05, 3.63) is 24.3 Å². The Balaban J connectivity index is 1.90. The van der Waals surface area contributed by atoms with Crippen LogP contribution < -0.4 is 5.73 Å². The molecule has 3 nitrogen and oxygen atoms in total. The molecule has 1 heterocycles. The van der Waals surface area contributed by atoms with E-state index in [1.54, 1.807) is 6.08 Å². The van der Waals surface area contributed by atoms with Crippen LogP contribution in [0, 0.1) is 11.8 Å².